The topological polar surface area (TPSA) is 29.5 Å². The number of rotatable bonds is 7. The third kappa shape index (κ3) is 4.59. The number of aryl methyl sites for hydroxylation is 1. The normalized spacial score (nSPS) is 17.6. The van der Waals surface area contributed by atoms with E-state index in [2.05, 4.69) is 30.3 Å². The zero-order chi connectivity index (χ0) is 16.8. The Labute approximate surface area is 145 Å². The van der Waals surface area contributed by atoms with E-state index in [1.54, 1.807) is 0 Å². The minimum atomic E-state index is -0.438. The Morgan fingerprint density at radius 1 is 1.04 bits per heavy atom. The van der Waals surface area contributed by atoms with E-state index in [4.69, 9.17) is 4.74 Å². The standard InChI is InChI=1S/C21H28NO2/c1-18-8-7-11-21(14-18)24-17-20(23)16-22(12-5-6-13-22)15-19-9-3-2-4-10-19/h2-4,7-11,14,20,23H,5-6,12-13,15-17H2,1H3/q+1/t20-/m0/s1. The highest BCUT2D eigenvalue weighted by atomic mass is 16.5. The molecule has 1 N–H and O–H groups in total. The molecular weight excluding hydrogens is 298 g/mol. The maximum absolute atomic E-state index is 10.5. The van der Waals surface area contributed by atoms with Gasteiger partial charge in [0.15, 0.2) is 0 Å². The van der Waals surface area contributed by atoms with Gasteiger partial charge in [-0.05, 0) is 24.6 Å². The number of ether oxygens (including phenoxy) is 1. The van der Waals surface area contributed by atoms with Crippen LogP contribution in [-0.2, 0) is 6.54 Å². The van der Waals surface area contributed by atoms with Gasteiger partial charge in [-0.2, -0.15) is 0 Å². The minimum absolute atomic E-state index is 0.359. The van der Waals surface area contributed by atoms with Gasteiger partial charge < -0.3 is 14.3 Å². The molecule has 24 heavy (non-hydrogen) atoms. The quantitative estimate of drug-likeness (QED) is 0.789. The highest BCUT2D eigenvalue weighted by Crippen LogP contribution is 2.24. The van der Waals surface area contributed by atoms with E-state index in [-0.39, 0.29) is 0 Å². The van der Waals surface area contributed by atoms with Crippen molar-refractivity contribution in [1.82, 2.24) is 0 Å². The van der Waals surface area contributed by atoms with E-state index in [1.807, 2.05) is 31.2 Å². The van der Waals surface area contributed by atoms with Crippen LogP contribution >= 0.6 is 0 Å². The summed E-state index contributed by atoms with van der Waals surface area (Å²) in [5.74, 6) is 0.838. The highest BCUT2D eigenvalue weighted by molar-refractivity contribution is 5.27. The monoisotopic (exact) mass is 326 g/mol. The molecule has 0 amide bonds. The smallest absolute Gasteiger partial charge is 0.137 e. The second-order valence-electron chi connectivity index (χ2n) is 7.10. The Hall–Kier alpha value is -1.84. The molecule has 1 heterocycles. The zero-order valence-electron chi connectivity index (χ0n) is 14.5. The zero-order valence-corrected chi connectivity index (χ0v) is 14.5. The Morgan fingerprint density at radius 3 is 2.50 bits per heavy atom. The summed E-state index contributed by atoms with van der Waals surface area (Å²) in [5.41, 5.74) is 2.53. The van der Waals surface area contributed by atoms with Crippen LogP contribution in [0.4, 0.5) is 0 Å². The first-order valence-electron chi connectivity index (χ1n) is 8.92. The summed E-state index contributed by atoms with van der Waals surface area (Å²) < 4.78 is 6.77. The van der Waals surface area contributed by atoms with Gasteiger partial charge >= 0.3 is 0 Å². The first-order valence-corrected chi connectivity index (χ1v) is 8.92. The molecule has 1 atom stereocenters. The second-order valence-corrected chi connectivity index (χ2v) is 7.10. The fraction of sp³-hybridized carbons (Fsp3) is 0.429. The number of hydrogen-bond acceptors (Lipinski definition) is 2. The number of nitrogens with zero attached hydrogens (tertiary/aromatic N) is 1. The van der Waals surface area contributed by atoms with Gasteiger partial charge in [-0.3, -0.25) is 0 Å². The van der Waals surface area contributed by atoms with E-state index in [1.165, 1.54) is 24.0 Å². The number of aliphatic hydroxyl groups is 1. The molecular formula is C21H28NO2+. The average Bonchev–Trinajstić information content (AvgIpc) is 3.02. The summed E-state index contributed by atoms with van der Waals surface area (Å²) in [6.07, 6.45) is 2.06. The summed E-state index contributed by atoms with van der Waals surface area (Å²) in [7, 11) is 0. The molecule has 1 aliphatic rings. The van der Waals surface area contributed by atoms with Crippen molar-refractivity contribution in [3.8, 4) is 5.75 Å². The molecule has 0 saturated carbocycles. The summed E-state index contributed by atoms with van der Waals surface area (Å²) in [6.45, 7) is 6.47. The molecule has 0 spiro atoms. The van der Waals surface area contributed by atoms with E-state index < -0.39 is 6.10 Å². The van der Waals surface area contributed by atoms with Gasteiger partial charge in [0.1, 0.15) is 31.5 Å². The van der Waals surface area contributed by atoms with Crippen LogP contribution in [-0.4, -0.2) is 41.9 Å². The molecule has 0 aliphatic carbocycles. The summed E-state index contributed by atoms with van der Waals surface area (Å²) in [6, 6.07) is 18.6. The summed E-state index contributed by atoms with van der Waals surface area (Å²) >= 11 is 0. The van der Waals surface area contributed by atoms with Gasteiger partial charge in [0.05, 0.1) is 13.1 Å². The maximum Gasteiger partial charge on any atom is 0.137 e. The van der Waals surface area contributed by atoms with E-state index >= 15 is 0 Å². The predicted octanol–water partition coefficient (Wildman–Crippen LogP) is 3.55. The maximum atomic E-state index is 10.5. The lowest BCUT2D eigenvalue weighted by molar-refractivity contribution is -0.932. The Balaban J connectivity index is 1.58. The molecule has 3 heteroatoms. The molecule has 0 aromatic heterocycles. The van der Waals surface area contributed by atoms with Crippen LogP contribution in [0.1, 0.15) is 24.0 Å². The second kappa shape index (κ2) is 7.82. The third-order valence-corrected chi connectivity index (χ3v) is 4.91. The number of likely N-dealkylation sites (tertiary alicyclic amines) is 1. The van der Waals surface area contributed by atoms with Gasteiger partial charge in [0.25, 0.3) is 0 Å². The fourth-order valence-electron chi connectivity index (χ4n) is 3.78. The molecule has 1 saturated heterocycles. The molecule has 128 valence electrons. The molecule has 1 fully saturated rings. The lowest BCUT2D eigenvalue weighted by Crippen LogP contribution is -2.50. The van der Waals surface area contributed by atoms with Crippen LogP contribution < -0.4 is 4.74 Å². The largest absolute Gasteiger partial charge is 0.491 e. The highest BCUT2D eigenvalue weighted by Gasteiger charge is 2.34. The van der Waals surface area contributed by atoms with Crippen molar-refractivity contribution in [3.05, 3.63) is 65.7 Å². The van der Waals surface area contributed by atoms with Crippen LogP contribution in [0, 0.1) is 6.92 Å². The van der Waals surface area contributed by atoms with E-state index in [0.29, 0.717) is 6.61 Å². The summed E-state index contributed by atoms with van der Waals surface area (Å²) in [5, 5.41) is 10.5. The first kappa shape index (κ1) is 17.0. The average molecular weight is 326 g/mol. The van der Waals surface area contributed by atoms with Gasteiger partial charge in [-0.25, -0.2) is 0 Å². The third-order valence-electron chi connectivity index (χ3n) is 4.91. The van der Waals surface area contributed by atoms with Crippen molar-refractivity contribution in [2.24, 2.45) is 0 Å². The molecule has 2 aromatic rings. The molecule has 3 rings (SSSR count). The molecule has 1 aliphatic heterocycles. The summed E-state index contributed by atoms with van der Waals surface area (Å²) in [4.78, 5) is 0. The van der Waals surface area contributed by atoms with Gasteiger partial charge in [0, 0.05) is 18.4 Å². The lowest BCUT2D eigenvalue weighted by atomic mass is 10.1. The Kier molecular flexibility index (Phi) is 5.54. The van der Waals surface area contributed by atoms with Gasteiger partial charge in [-0.1, -0.05) is 42.5 Å². The van der Waals surface area contributed by atoms with Crippen molar-refractivity contribution in [3.63, 3.8) is 0 Å². The van der Waals surface area contributed by atoms with Crippen LogP contribution in [0.3, 0.4) is 0 Å². The number of benzene rings is 2. The minimum Gasteiger partial charge on any atom is -0.491 e. The first-order chi connectivity index (χ1) is 11.7. The molecule has 0 radical (unpaired) electrons. The predicted molar refractivity (Wildman–Crippen MR) is 96.9 cm³/mol. The van der Waals surface area contributed by atoms with Crippen LogP contribution in [0.25, 0.3) is 0 Å². The van der Waals surface area contributed by atoms with E-state index in [0.717, 1.165) is 36.4 Å². The number of quaternary nitrogens is 1. The van der Waals surface area contributed by atoms with Crippen molar-refractivity contribution in [1.29, 1.82) is 0 Å². The van der Waals surface area contributed by atoms with E-state index in [9.17, 15) is 5.11 Å². The van der Waals surface area contributed by atoms with Gasteiger partial charge in [0.2, 0.25) is 0 Å². The fourth-order valence-corrected chi connectivity index (χ4v) is 3.78. The Bertz CT molecular complexity index is 635. The molecule has 0 unspecified atom stereocenters. The molecule has 0 bridgehead atoms. The van der Waals surface area contributed by atoms with Crippen molar-refractivity contribution in [2.75, 3.05) is 26.2 Å². The molecule has 3 nitrogen and oxygen atoms in total. The number of aliphatic hydroxyl groups excluding tert-OH is 1. The van der Waals surface area contributed by atoms with Crippen molar-refractivity contribution < 1.29 is 14.3 Å². The SMILES string of the molecule is Cc1cccc(OC[C@@H](O)C[N+]2(Cc3ccccc3)CCCC2)c1. The van der Waals surface area contributed by atoms with Crippen LogP contribution in [0.2, 0.25) is 0 Å². The van der Waals surface area contributed by atoms with Gasteiger partial charge in [-0.15, -0.1) is 0 Å². The lowest BCUT2D eigenvalue weighted by Gasteiger charge is -2.36. The van der Waals surface area contributed by atoms with Crippen LogP contribution in [0.15, 0.2) is 54.6 Å². The van der Waals surface area contributed by atoms with Crippen molar-refractivity contribution >= 4 is 0 Å². The number of hydrogen-bond donors (Lipinski definition) is 1. The van der Waals surface area contributed by atoms with Crippen LogP contribution in [0.5, 0.6) is 5.75 Å². The molecule has 2 aromatic carbocycles. The van der Waals surface area contributed by atoms with Crippen molar-refractivity contribution in [2.45, 2.75) is 32.4 Å². The Morgan fingerprint density at radius 2 is 1.79 bits per heavy atom.